The van der Waals surface area contributed by atoms with Gasteiger partial charge in [0.25, 0.3) is 0 Å². The predicted octanol–water partition coefficient (Wildman–Crippen LogP) is 1.94. The number of rotatable bonds is 2. The lowest BCUT2D eigenvalue weighted by molar-refractivity contribution is 0.628. The standard InChI is InChI=1S/C13H11FN4S/c14-9-2-1-8-3-6-18(10(8)7-9)13-11(12(15)19)16-4-5-17-13/h1-2,4-5,7H,3,6H2,(H2,15,19). The molecule has 0 bridgehead atoms. The summed E-state index contributed by atoms with van der Waals surface area (Å²) in [5.41, 5.74) is 8.02. The summed E-state index contributed by atoms with van der Waals surface area (Å²) in [4.78, 5) is 10.5. The van der Waals surface area contributed by atoms with Crippen molar-refractivity contribution in [3.8, 4) is 0 Å². The molecule has 0 amide bonds. The van der Waals surface area contributed by atoms with Crippen LogP contribution in [-0.4, -0.2) is 21.5 Å². The van der Waals surface area contributed by atoms with Crippen molar-refractivity contribution in [3.05, 3.63) is 47.7 Å². The van der Waals surface area contributed by atoms with E-state index in [0.717, 1.165) is 17.7 Å². The van der Waals surface area contributed by atoms with Crippen molar-refractivity contribution in [2.24, 2.45) is 5.73 Å². The molecule has 2 N–H and O–H groups in total. The van der Waals surface area contributed by atoms with Crippen LogP contribution in [0.15, 0.2) is 30.6 Å². The summed E-state index contributed by atoms with van der Waals surface area (Å²) >= 11 is 4.98. The van der Waals surface area contributed by atoms with Gasteiger partial charge in [0.15, 0.2) is 5.82 Å². The lowest BCUT2D eigenvalue weighted by Crippen LogP contribution is -2.22. The maximum atomic E-state index is 13.4. The van der Waals surface area contributed by atoms with E-state index >= 15 is 0 Å². The zero-order valence-corrected chi connectivity index (χ0v) is 10.8. The Morgan fingerprint density at radius 2 is 2.11 bits per heavy atom. The maximum Gasteiger partial charge on any atom is 0.162 e. The highest BCUT2D eigenvalue weighted by molar-refractivity contribution is 7.80. The van der Waals surface area contributed by atoms with Gasteiger partial charge in [-0.3, -0.25) is 0 Å². The highest BCUT2D eigenvalue weighted by Crippen LogP contribution is 2.34. The quantitative estimate of drug-likeness (QED) is 0.848. The number of nitrogens with zero attached hydrogens (tertiary/aromatic N) is 3. The molecule has 1 aliphatic heterocycles. The van der Waals surface area contributed by atoms with E-state index in [2.05, 4.69) is 9.97 Å². The van der Waals surface area contributed by atoms with Crippen LogP contribution in [0.3, 0.4) is 0 Å². The molecule has 1 aliphatic rings. The second kappa shape index (κ2) is 4.55. The number of hydrogen-bond donors (Lipinski definition) is 1. The van der Waals surface area contributed by atoms with E-state index in [-0.39, 0.29) is 10.8 Å². The fourth-order valence-electron chi connectivity index (χ4n) is 2.27. The first-order valence-electron chi connectivity index (χ1n) is 5.83. The third kappa shape index (κ3) is 2.04. The van der Waals surface area contributed by atoms with Gasteiger partial charge in [-0.2, -0.15) is 0 Å². The molecule has 96 valence electrons. The number of anilines is 2. The van der Waals surface area contributed by atoms with Crippen LogP contribution in [0, 0.1) is 5.82 Å². The number of aromatic nitrogens is 2. The van der Waals surface area contributed by atoms with Crippen molar-refractivity contribution in [1.29, 1.82) is 0 Å². The Balaban J connectivity index is 2.11. The zero-order valence-electron chi connectivity index (χ0n) is 10.0. The normalized spacial score (nSPS) is 13.4. The molecule has 6 heteroatoms. The van der Waals surface area contributed by atoms with E-state index in [0.29, 0.717) is 18.1 Å². The highest BCUT2D eigenvalue weighted by Gasteiger charge is 2.25. The first-order valence-corrected chi connectivity index (χ1v) is 6.24. The Morgan fingerprint density at radius 3 is 2.89 bits per heavy atom. The van der Waals surface area contributed by atoms with Gasteiger partial charge in [-0.05, 0) is 24.1 Å². The van der Waals surface area contributed by atoms with Gasteiger partial charge in [-0.1, -0.05) is 18.3 Å². The molecule has 2 aromatic rings. The Labute approximate surface area is 115 Å². The number of hydrogen-bond acceptors (Lipinski definition) is 4. The molecule has 0 atom stereocenters. The van der Waals surface area contributed by atoms with E-state index in [1.807, 2.05) is 4.90 Å². The summed E-state index contributed by atoms with van der Waals surface area (Å²) in [7, 11) is 0. The number of nitrogens with two attached hydrogens (primary N) is 1. The summed E-state index contributed by atoms with van der Waals surface area (Å²) in [5, 5.41) is 0. The fraction of sp³-hybridized carbons (Fsp3) is 0.154. The third-order valence-electron chi connectivity index (χ3n) is 3.11. The van der Waals surface area contributed by atoms with Crippen molar-refractivity contribution < 1.29 is 4.39 Å². The summed E-state index contributed by atoms with van der Waals surface area (Å²) in [6.45, 7) is 0.715. The van der Waals surface area contributed by atoms with Crippen LogP contribution in [0.4, 0.5) is 15.9 Å². The molecule has 0 saturated heterocycles. The molecular weight excluding hydrogens is 263 g/mol. The average Bonchev–Trinajstić information content (AvgIpc) is 2.81. The van der Waals surface area contributed by atoms with Gasteiger partial charge in [0.05, 0.1) is 0 Å². The van der Waals surface area contributed by atoms with Crippen molar-refractivity contribution in [2.75, 3.05) is 11.4 Å². The molecule has 0 fully saturated rings. The van der Waals surface area contributed by atoms with Crippen LogP contribution in [0.25, 0.3) is 0 Å². The average molecular weight is 274 g/mol. The summed E-state index contributed by atoms with van der Waals surface area (Å²) in [6, 6.07) is 4.76. The molecule has 0 saturated carbocycles. The van der Waals surface area contributed by atoms with Gasteiger partial charge < -0.3 is 10.6 Å². The fourth-order valence-corrected chi connectivity index (χ4v) is 2.42. The molecule has 19 heavy (non-hydrogen) atoms. The molecule has 4 nitrogen and oxygen atoms in total. The SMILES string of the molecule is NC(=S)c1nccnc1N1CCc2ccc(F)cc21. The van der Waals surface area contributed by atoms with Crippen LogP contribution in [0.5, 0.6) is 0 Å². The van der Waals surface area contributed by atoms with E-state index in [1.165, 1.54) is 12.1 Å². The molecular formula is C13H11FN4S. The summed E-state index contributed by atoms with van der Waals surface area (Å²) < 4.78 is 13.4. The number of benzene rings is 1. The topological polar surface area (TPSA) is 55.0 Å². The molecule has 0 unspecified atom stereocenters. The Kier molecular flexibility index (Phi) is 2.87. The van der Waals surface area contributed by atoms with E-state index in [9.17, 15) is 4.39 Å². The van der Waals surface area contributed by atoms with Crippen molar-refractivity contribution in [1.82, 2.24) is 9.97 Å². The van der Waals surface area contributed by atoms with Crippen LogP contribution >= 0.6 is 12.2 Å². The lowest BCUT2D eigenvalue weighted by atomic mass is 10.2. The van der Waals surface area contributed by atoms with Crippen molar-refractivity contribution in [3.63, 3.8) is 0 Å². The minimum atomic E-state index is -0.272. The first-order chi connectivity index (χ1) is 9.16. The second-order valence-corrected chi connectivity index (χ2v) is 4.71. The second-order valence-electron chi connectivity index (χ2n) is 4.27. The van der Waals surface area contributed by atoms with E-state index < -0.39 is 0 Å². The van der Waals surface area contributed by atoms with Crippen LogP contribution in [-0.2, 0) is 6.42 Å². The van der Waals surface area contributed by atoms with Crippen molar-refractivity contribution >= 4 is 28.7 Å². The van der Waals surface area contributed by atoms with Gasteiger partial charge in [0.1, 0.15) is 16.5 Å². The Morgan fingerprint density at radius 1 is 1.32 bits per heavy atom. The van der Waals surface area contributed by atoms with Crippen LogP contribution in [0.2, 0.25) is 0 Å². The minimum absolute atomic E-state index is 0.188. The Hall–Kier alpha value is -2.08. The molecule has 2 heterocycles. The van der Waals surface area contributed by atoms with Gasteiger partial charge in [-0.25, -0.2) is 14.4 Å². The zero-order chi connectivity index (χ0) is 13.4. The summed E-state index contributed by atoms with van der Waals surface area (Å²) in [5.74, 6) is 0.311. The molecule has 0 aliphatic carbocycles. The van der Waals surface area contributed by atoms with E-state index in [1.54, 1.807) is 18.5 Å². The first kappa shape index (κ1) is 12.0. The molecule has 1 aromatic heterocycles. The maximum absolute atomic E-state index is 13.4. The lowest BCUT2D eigenvalue weighted by Gasteiger charge is -2.20. The predicted molar refractivity (Wildman–Crippen MR) is 75.0 cm³/mol. The largest absolute Gasteiger partial charge is 0.388 e. The van der Waals surface area contributed by atoms with Gasteiger partial charge in [-0.15, -0.1) is 0 Å². The number of fused-ring (bicyclic) bond motifs is 1. The number of thiocarbonyl (C=S) groups is 1. The van der Waals surface area contributed by atoms with Crippen LogP contribution < -0.4 is 10.6 Å². The summed E-state index contributed by atoms with van der Waals surface area (Å²) in [6.07, 6.45) is 3.96. The number of halogens is 1. The van der Waals surface area contributed by atoms with Crippen LogP contribution in [0.1, 0.15) is 11.3 Å². The highest BCUT2D eigenvalue weighted by atomic mass is 32.1. The smallest absolute Gasteiger partial charge is 0.162 e. The van der Waals surface area contributed by atoms with Gasteiger partial charge in [0, 0.05) is 24.6 Å². The van der Waals surface area contributed by atoms with Gasteiger partial charge in [0.2, 0.25) is 0 Å². The molecule has 0 radical (unpaired) electrons. The van der Waals surface area contributed by atoms with Crippen molar-refractivity contribution in [2.45, 2.75) is 6.42 Å². The van der Waals surface area contributed by atoms with E-state index in [4.69, 9.17) is 18.0 Å². The Bertz CT molecular complexity index is 659. The minimum Gasteiger partial charge on any atom is -0.388 e. The monoisotopic (exact) mass is 274 g/mol. The molecule has 1 aromatic carbocycles. The molecule has 0 spiro atoms. The third-order valence-corrected chi connectivity index (χ3v) is 3.30. The molecule has 3 rings (SSSR count). The van der Waals surface area contributed by atoms with Gasteiger partial charge >= 0.3 is 0 Å².